The molecule has 0 saturated heterocycles. The van der Waals surface area contributed by atoms with Gasteiger partial charge in [-0.2, -0.15) is 13.2 Å². The Hall–Kier alpha value is -1.53. The van der Waals surface area contributed by atoms with E-state index in [2.05, 4.69) is 0 Å². The molecule has 0 fully saturated rings. The molecule has 0 aromatic carbocycles. The molecule has 0 spiro atoms. The first-order valence-corrected chi connectivity index (χ1v) is 5.62. The molecule has 1 aliphatic heterocycles. The molecule has 1 heterocycles. The van der Waals surface area contributed by atoms with Gasteiger partial charge in [0.05, 0.1) is 6.61 Å². The van der Waals surface area contributed by atoms with Gasteiger partial charge in [-0.1, -0.05) is 13.3 Å². The molecule has 0 atom stereocenters. The van der Waals surface area contributed by atoms with Crippen LogP contribution in [0.15, 0.2) is 11.8 Å². The highest BCUT2D eigenvalue weighted by Gasteiger charge is 2.42. The van der Waals surface area contributed by atoms with Crippen LogP contribution >= 0.6 is 0 Å². The molecule has 0 unspecified atom stereocenters. The number of ketones is 1. The van der Waals surface area contributed by atoms with Crippen LogP contribution in [0.5, 0.6) is 0 Å². The summed E-state index contributed by atoms with van der Waals surface area (Å²) in [5.74, 6) is -1.90. The molecule has 1 amide bonds. The van der Waals surface area contributed by atoms with Gasteiger partial charge < -0.3 is 4.74 Å². The highest BCUT2D eigenvalue weighted by molar-refractivity contribution is 6.00. The van der Waals surface area contributed by atoms with Crippen molar-refractivity contribution in [3.63, 3.8) is 0 Å². The monoisotopic (exact) mass is 265 g/mol. The molecule has 18 heavy (non-hydrogen) atoms. The molecule has 0 bridgehead atoms. The van der Waals surface area contributed by atoms with Gasteiger partial charge in [0, 0.05) is 18.3 Å². The number of carbonyl (C=O) groups excluding carboxylic acids is 2. The number of Topliss-reactive ketones (excluding diaryl/α,β-unsaturated/α-hetero) is 1. The van der Waals surface area contributed by atoms with Crippen molar-refractivity contribution in [2.45, 2.75) is 32.4 Å². The van der Waals surface area contributed by atoms with Crippen molar-refractivity contribution in [2.75, 3.05) is 13.2 Å². The van der Waals surface area contributed by atoms with Gasteiger partial charge in [0.15, 0.2) is 0 Å². The topological polar surface area (TPSA) is 46.6 Å². The Kier molecular flexibility index (Phi) is 4.75. The Morgan fingerprint density at radius 3 is 2.67 bits per heavy atom. The number of ether oxygens (including phenoxy) is 1. The molecule has 0 N–H and O–H groups in total. The fourth-order valence-electron chi connectivity index (χ4n) is 1.44. The third-order valence-corrected chi connectivity index (χ3v) is 2.44. The molecule has 0 aromatic heterocycles. The highest BCUT2D eigenvalue weighted by Crippen LogP contribution is 2.26. The lowest BCUT2D eigenvalue weighted by atomic mass is 10.1. The summed E-state index contributed by atoms with van der Waals surface area (Å²) in [7, 11) is 0. The molecule has 0 saturated carbocycles. The van der Waals surface area contributed by atoms with E-state index in [1.54, 1.807) is 0 Å². The predicted octanol–water partition coefficient (Wildman–Crippen LogP) is 2.64. The zero-order valence-corrected chi connectivity index (χ0v) is 9.92. The van der Waals surface area contributed by atoms with Crippen molar-refractivity contribution in [3.05, 3.63) is 11.8 Å². The van der Waals surface area contributed by atoms with E-state index in [9.17, 15) is 22.8 Å². The van der Waals surface area contributed by atoms with Crippen LogP contribution in [0.1, 0.15) is 26.2 Å². The smallest absolute Gasteiger partial charge is 0.449 e. The van der Waals surface area contributed by atoms with E-state index in [-0.39, 0.29) is 19.6 Å². The SMILES string of the molecule is CCCCOC(=O)N1C=C(C(=O)C(F)(F)F)CC1. The van der Waals surface area contributed by atoms with Gasteiger partial charge in [0.1, 0.15) is 0 Å². The fraction of sp³-hybridized carbons (Fsp3) is 0.636. The molecule has 7 heteroatoms. The molecular weight excluding hydrogens is 251 g/mol. The Balaban J connectivity index is 2.55. The summed E-state index contributed by atoms with van der Waals surface area (Å²) in [4.78, 5) is 23.3. The molecule has 1 aliphatic rings. The number of carbonyl (C=O) groups is 2. The Morgan fingerprint density at radius 2 is 2.11 bits per heavy atom. The zero-order chi connectivity index (χ0) is 13.8. The number of hydrogen-bond donors (Lipinski definition) is 0. The minimum atomic E-state index is -4.89. The van der Waals surface area contributed by atoms with Crippen molar-refractivity contribution >= 4 is 11.9 Å². The molecule has 1 rings (SSSR count). The average molecular weight is 265 g/mol. The summed E-state index contributed by atoms with van der Waals surface area (Å²) in [5, 5.41) is 0. The number of amides is 1. The summed E-state index contributed by atoms with van der Waals surface area (Å²) in [6, 6.07) is 0. The highest BCUT2D eigenvalue weighted by atomic mass is 19.4. The van der Waals surface area contributed by atoms with E-state index in [0.717, 1.165) is 17.5 Å². The van der Waals surface area contributed by atoms with Crippen molar-refractivity contribution < 1.29 is 27.5 Å². The molecule has 0 radical (unpaired) electrons. The predicted molar refractivity (Wildman–Crippen MR) is 56.7 cm³/mol. The van der Waals surface area contributed by atoms with Gasteiger partial charge in [-0.05, 0) is 12.8 Å². The summed E-state index contributed by atoms with van der Waals surface area (Å²) in [6.45, 7) is 2.19. The summed E-state index contributed by atoms with van der Waals surface area (Å²) in [5.41, 5.74) is -0.407. The van der Waals surface area contributed by atoms with Crippen molar-refractivity contribution in [3.8, 4) is 0 Å². The zero-order valence-electron chi connectivity index (χ0n) is 9.92. The average Bonchev–Trinajstić information content (AvgIpc) is 2.76. The lowest BCUT2D eigenvalue weighted by Crippen LogP contribution is -2.25. The van der Waals surface area contributed by atoms with Gasteiger partial charge in [-0.3, -0.25) is 9.69 Å². The van der Waals surface area contributed by atoms with E-state index in [4.69, 9.17) is 4.74 Å². The van der Waals surface area contributed by atoms with Crippen molar-refractivity contribution in [1.29, 1.82) is 0 Å². The first kappa shape index (κ1) is 14.5. The molecule has 102 valence electrons. The molecule has 0 aliphatic carbocycles. The van der Waals surface area contributed by atoms with E-state index in [0.29, 0.717) is 6.42 Å². The summed E-state index contributed by atoms with van der Waals surface area (Å²) < 4.78 is 41.3. The first-order chi connectivity index (χ1) is 8.36. The lowest BCUT2D eigenvalue weighted by Gasteiger charge is -2.12. The maximum absolute atomic E-state index is 12.2. The second kappa shape index (κ2) is 5.88. The Labute approximate surface area is 102 Å². The van der Waals surface area contributed by atoms with Crippen LogP contribution in [0.2, 0.25) is 0 Å². The quantitative estimate of drug-likeness (QED) is 0.734. The molecule has 0 aromatic rings. The summed E-state index contributed by atoms with van der Waals surface area (Å²) in [6.07, 6.45) is -3.24. The number of unbranched alkanes of at least 4 members (excludes halogenated alkanes) is 1. The van der Waals surface area contributed by atoms with Crippen LogP contribution < -0.4 is 0 Å². The Morgan fingerprint density at radius 1 is 1.44 bits per heavy atom. The third kappa shape index (κ3) is 3.75. The standard InChI is InChI=1S/C11H14F3NO3/c1-2-3-6-18-10(17)15-5-4-8(7-15)9(16)11(12,13)14/h7H,2-6H2,1H3. The largest absolute Gasteiger partial charge is 0.454 e. The van der Waals surface area contributed by atoms with Crippen LogP contribution in [0.3, 0.4) is 0 Å². The number of alkyl halides is 3. The number of rotatable bonds is 4. The second-order valence-electron chi connectivity index (χ2n) is 3.89. The van der Waals surface area contributed by atoms with E-state index >= 15 is 0 Å². The van der Waals surface area contributed by atoms with Gasteiger partial charge in [-0.25, -0.2) is 4.79 Å². The molecular formula is C11H14F3NO3. The normalized spacial score (nSPS) is 15.6. The third-order valence-electron chi connectivity index (χ3n) is 2.44. The van der Waals surface area contributed by atoms with Crippen molar-refractivity contribution in [1.82, 2.24) is 4.90 Å². The maximum Gasteiger partial charge on any atom is 0.454 e. The van der Waals surface area contributed by atoms with Gasteiger partial charge in [0.2, 0.25) is 0 Å². The minimum Gasteiger partial charge on any atom is -0.449 e. The van der Waals surface area contributed by atoms with E-state index < -0.39 is 23.6 Å². The van der Waals surface area contributed by atoms with Gasteiger partial charge in [0.25, 0.3) is 5.78 Å². The Bertz CT molecular complexity index is 363. The van der Waals surface area contributed by atoms with Crippen LogP contribution in [0.25, 0.3) is 0 Å². The number of nitrogens with zero attached hydrogens (tertiary/aromatic N) is 1. The van der Waals surface area contributed by atoms with Crippen molar-refractivity contribution in [2.24, 2.45) is 0 Å². The van der Waals surface area contributed by atoms with Crippen LogP contribution in [0, 0.1) is 0 Å². The summed E-state index contributed by atoms with van der Waals surface area (Å²) >= 11 is 0. The molecule has 4 nitrogen and oxygen atoms in total. The van der Waals surface area contributed by atoms with Crippen LogP contribution in [0.4, 0.5) is 18.0 Å². The first-order valence-electron chi connectivity index (χ1n) is 5.62. The number of hydrogen-bond acceptors (Lipinski definition) is 3. The van der Waals surface area contributed by atoms with E-state index in [1.165, 1.54) is 0 Å². The second-order valence-corrected chi connectivity index (χ2v) is 3.89. The minimum absolute atomic E-state index is 0.0438. The van der Waals surface area contributed by atoms with Crippen LogP contribution in [-0.2, 0) is 9.53 Å². The maximum atomic E-state index is 12.2. The van der Waals surface area contributed by atoms with Crippen LogP contribution in [-0.4, -0.2) is 36.1 Å². The lowest BCUT2D eigenvalue weighted by molar-refractivity contribution is -0.166. The van der Waals surface area contributed by atoms with Gasteiger partial charge >= 0.3 is 12.3 Å². The number of halogens is 3. The van der Waals surface area contributed by atoms with Gasteiger partial charge in [-0.15, -0.1) is 0 Å². The van der Waals surface area contributed by atoms with E-state index in [1.807, 2.05) is 6.92 Å². The fourth-order valence-corrected chi connectivity index (χ4v) is 1.44.